The molecule has 0 fully saturated rings. The molecule has 1 aromatic rings. The normalized spacial score (nSPS) is 9.61. The molecular formula is C11H8Cl4N2O. The lowest BCUT2D eigenvalue weighted by Crippen LogP contribution is -2.30. The van der Waals surface area contributed by atoms with Crippen LogP contribution in [0.4, 0.5) is 0 Å². The van der Waals surface area contributed by atoms with Gasteiger partial charge in [-0.05, 0) is 6.07 Å². The molecule has 0 atom stereocenters. The summed E-state index contributed by atoms with van der Waals surface area (Å²) in [4.78, 5) is 10.9. The van der Waals surface area contributed by atoms with Gasteiger partial charge in [-0.25, -0.2) is 0 Å². The molecule has 18 heavy (non-hydrogen) atoms. The number of amides is 1. The Bertz CT molecular complexity index is 534. The third-order valence-electron chi connectivity index (χ3n) is 1.89. The molecule has 0 radical (unpaired) electrons. The fourth-order valence-corrected chi connectivity index (χ4v) is 2.04. The van der Waals surface area contributed by atoms with Crippen molar-refractivity contribution in [3.8, 4) is 11.8 Å². The molecule has 0 aliphatic carbocycles. The van der Waals surface area contributed by atoms with Crippen LogP contribution >= 0.6 is 46.4 Å². The molecule has 0 unspecified atom stereocenters. The molecule has 1 amide bonds. The molecular weight excluding hydrogens is 318 g/mol. The minimum Gasteiger partial charge on any atom is -0.344 e. The standard InChI is InChI=1S/C11H8Cl4N2O/c12-7-4-8(13)11(15)10(14)6(7)2-1-3-17-9(18)5-16/h4H,3,5,16H2,(H,17,18). The molecule has 7 heteroatoms. The third-order valence-corrected chi connectivity index (χ3v) is 3.45. The van der Waals surface area contributed by atoms with E-state index in [1.54, 1.807) is 0 Å². The van der Waals surface area contributed by atoms with Crippen molar-refractivity contribution in [1.82, 2.24) is 5.32 Å². The van der Waals surface area contributed by atoms with Gasteiger partial charge in [-0.2, -0.15) is 0 Å². The number of nitrogens with one attached hydrogen (secondary N) is 1. The van der Waals surface area contributed by atoms with Crippen LogP contribution in [0.5, 0.6) is 0 Å². The lowest BCUT2D eigenvalue weighted by Gasteiger charge is -2.04. The highest BCUT2D eigenvalue weighted by atomic mass is 35.5. The highest BCUT2D eigenvalue weighted by Gasteiger charge is 2.11. The summed E-state index contributed by atoms with van der Waals surface area (Å²) in [5.41, 5.74) is 5.49. The minimum atomic E-state index is -0.296. The van der Waals surface area contributed by atoms with Crippen molar-refractivity contribution in [1.29, 1.82) is 0 Å². The van der Waals surface area contributed by atoms with Crippen molar-refractivity contribution < 1.29 is 4.79 Å². The van der Waals surface area contributed by atoms with Crippen molar-refractivity contribution in [2.24, 2.45) is 5.73 Å². The van der Waals surface area contributed by atoms with Crippen LogP contribution in [-0.2, 0) is 4.79 Å². The Labute approximate surface area is 125 Å². The van der Waals surface area contributed by atoms with Gasteiger partial charge in [0.25, 0.3) is 0 Å². The summed E-state index contributed by atoms with van der Waals surface area (Å²) in [5, 5.41) is 3.42. The number of carbonyl (C=O) groups excluding carboxylic acids is 1. The second kappa shape index (κ2) is 7.08. The topological polar surface area (TPSA) is 55.1 Å². The Hall–Kier alpha value is -0.630. The van der Waals surface area contributed by atoms with Gasteiger partial charge >= 0.3 is 0 Å². The summed E-state index contributed by atoms with van der Waals surface area (Å²) < 4.78 is 0. The molecule has 1 rings (SSSR count). The van der Waals surface area contributed by atoms with Crippen LogP contribution in [0.2, 0.25) is 20.1 Å². The van der Waals surface area contributed by atoms with Gasteiger partial charge in [-0.15, -0.1) is 0 Å². The van der Waals surface area contributed by atoms with E-state index in [2.05, 4.69) is 17.2 Å². The zero-order chi connectivity index (χ0) is 13.7. The van der Waals surface area contributed by atoms with Gasteiger partial charge < -0.3 is 11.1 Å². The smallest absolute Gasteiger partial charge is 0.234 e. The minimum absolute atomic E-state index is 0.0873. The molecule has 0 aromatic heterocycles. The molecule has 96 valence electrons. The number of nitrogens with two attached hydrogens (primary N) is 1. The number of hydrogen-bond acceptors (Lipinski definition) is 2. The van der Waals surface area contributed by atoms with E-state index < -0.39 is 0 Å². The SMILES string of the molecule is NCC(=O)NCC#Cc1c(Cl)cc(Cl)c(Cl)c1Cl. The predicted molar refractivity (Wildman–Crippen MR) is 75.4 cm³/mol. The maximum absolute atomic E-state index is 10.9. The van der Waals surface area contributed by atoms with Crippen molar-refractivity contribution in [3.05, 3.63) is 31.7 Å². The van der Waals surface area contributed by atoms with Crippen LogP contribution in [0.3, 0.4) is 0 Å². The van der Waals surface area contributed by atoms with E-state index in [4.69, 9.17) is 52.1 Å². The van der Waals surface area contributed by atoms with Gasteiger partial charge in [0.15, 0.2) is 0 Å². The molecule has 0 spiro atoms. The first-order valence-electron chi connectivity index (χ1n) is 4.76. The molecule has 3 N–H and O–H groups in total. The third kappa shape index (κ3) is 3.94. The number of rotatable bonds is 2. The van der Waals surface area contributed by atoms with Crippen molar-refractivity contribution >= 4 is 52.3 Å². The first-order valence-corrected chi connectivity index (χ1v) is 6.27. The number of benzene rings is 1. The lowest BCUT2D eigenvalue weighted by atomic mass is 10.2. The van der Waals surface area contributed by atoms with E-state index >= 15 is 0 Å². The van der Waals surface area contributed by atoms with Gasteiger partial charge in [0.2, 0.25) is 5.91 Å². The Kier molecular flexibility index (Phi) is 6.07. The highest BCUT2D eigenvalue weighted by molar-refractivity contribution is 6.49. The van der Waals surface area contributed by atoms with E-state index in [0.717, 1.165) is 0 Å². The van der Waals surface area contributed by atoms with Gasteiger partial charge in [-0.1, -0.05) is 58.2 Å². The van der Waals surface area contributed by atoms with Gasteiger partial charge in [0.1, 0.15) is 0 Å². The fourth-order valence-electron chi connectivity index (χ4n) is 1.03. The van der Waals surface area contributed by atoms with Crippen LogP contribution in [0.25, 0.3) is 0 Å². The molecule has 0 heterocycles. The van der Waals surface area contributed by atoms with E-state index in [1.165, 1.54) is 6.07 Å². The lowest BCUT2D eigenvalue weighted by molar-refractivity contribution is -0.119. The summed E-state index contributed by atoms with van der Waals surface area (Å²) in [7, 11) is 0. The maximum atomic E-state index is 10.9. The van der Waals surface area contributed by atoms with E-state index in [9.17, 15) is 4.79 Å². The first-order chi connectivity index (χ1) is 8.47. The largest absolute Gasteiger partial charge is 0.344 e. The quantitative estimate of drug-likeness (QED) is 0.499. The number of hydrogen-bond donors (Lipinski definition) is 2. The number of halogens is 4. The van der Waals surface area contributed by atoms with E-state index in [-0.39, 0.29) is 34.1 Å². The molecule has 0 aliphatic rings. The molecule has 0 saturated heterocycles. The van der Waals surface area contributed by atoms with Crippen molar-refractivity contribution in [3.63, 3.8) is 0 Å². The van der Waals surface area contributed by atoms with Crippen LogP contribution in [-0.4, -0.2) is 19.0 Å². The van der Waals surface area contributed by atoms with E-state index in [1.807, 2.05) is 0 Å². The summed E-state index contributed by atoms with van der Waals surface area (Å²) >= 11 is 23.6. The van der Waals surface area contributed by atoms with Crippen molar-refractivity contribution in [2.45, 2.75) is 0 Å². The predicted octanol–water partition coefficient (Wildman–Crippen LogP) is 2.73. The molecule has 0 aliphatic heterocycles. The van der Waals surface area contributed by atoms with Crippen LogP contribution in [0, 0.1) is 11.8 Å². The monoisotopic (exact) mass is 324 g/mol. The summed E-state index contributed by atoms with van der Waals surface area (Å²) in [6, 6.07) is 1.46. The fraction of sp³-hybridized carbons (Fsp3) is 0.182. The molecule has 0 saturated carbocycles. The van der Waals surface area contributed by atoms with Gasteiger partial charge in [0.05, 0.1) is 38.7 Å². The van der Waals surface area contributed by atoms with Gasteiger partial charge in [0, 0.05) is 0 Å². The zero-order valence-electron chi connectivity index (χ0n) is 8.99. The second-order valence-electron chi connectivity index (χ2n) is 3.13. The zero-order valence-corrected chi connectivity index (χ0v) is 12.0. The summed E-state index contributed by atoms with van der Waals surface area (Å²) in [5.74, 6) is 5.11. The Balaban J connectivity index is 2.89. The summed E-state index contributed by atoms with van der Waals surface area (Å²) in [6.07, 6.45) is 0. The summed E-state index contributed by atoms with van der Waals surface area (Å²) in [6.45, 7) is 0.0545. The second-order valence-corrected chi connectivity index (χ2v) is 4.70. The molecule has 1 aromatic carbocycles. The Morgan fingerprint density at radius 2 is 1.89 bits per heavy atom. The van der Waals surface area contributed by atoms with Gasteiger partial charge in [-0.3, -0.25) is 4.79 Å². The maximum Gasteiger partial charge on any atom is 0.234 e. The van der Waals surface area contributed by atoms with E-state index in [0.29, 0.717) is 10.6 Å². The average molecular weight is 326 g/mol. The van der Waals surface area contributed by atoms with Crippen molar-refractivity contribution in [2.75, 3.05) is 13.1 Å². The molecule has 3 nitrogen and oxygen atoms in total. The Morgan fingerprint density at radius 1 is 1.22 bits per heavy atom. The molecule has 0 bridgehead atoms. The Morgan fingerprint density at radius 3 is 2.50 bits per heavy atom. The number of carbonyl (C=O) groups is 1. The first kappa shape index (κ1) is 15.4. The highest BCUT2D eigenvalue weighted by Crippen LogP contribution is 2.36. The van der Waals surface area contributed by atoms with Crippen LogP contribution < -0.4 is 11.1 Å². The van der Waals surface area contributed by atoms with Crippen LogP contribution in [0.15, 0.2) is 6.07 Å². The van der Waals surface area contributed by atoms with Crippen LogP contribution in [0.1, 0.15) is 5.56 Å². The average Bonchev–Trinajstić information content (AvgIpc) is 2.34.